The van der Waals surface area contributed by atoms with Crippen molar-refractivity contribution in [1.82, 2.24) is 4.90 Å². The first kappa shape index (κ1) is 13.3. The van der Waals surface area contributed by atoms with E-state index in [0.29, 0.717) is 12.1 Å². The Bertz CT molecular complexity index is 234. The van der Waals surface area contributed by atoms with Gasteiger partial charge in [-0.25, -0.2) is 0 Å². The predicted molar refractivity (Wildman–Crippen MR) is 71.0 cm³/mol. The molecule has 4 atom stereocenters. The van der Waals surface area contributed by atoms with Crippen LogP contribution in [0.5, 0.6) is 0 Å². The Labute approximate surface area is 106 Å². The van der Waals surface area contributed by atoms with Crippen LogP contribution >= 0.6 is 0 Å². The second-order valence-electron chi connectivity index (χ2n) is 5.99. The highest BCUT2D eigenvalue weighted by molar-refractivity contribution is 4.83. The highest BCUT2D eigenvalue weighted by Gasteiger charge is 2.30. The molecule has 2 N–H and O–H groups in total. The lowest BCUT2D eigenvalue weighted by Gasteiger charge is -2.41. The fourth-order valence-corrected chi connectivity index (χ4v) is 3.36. The van der Waals surface area contributed by atoms with Gasteiger partial charge in [0.2, 0.25) is 0 Å². The van der Waals surface area contributed by atoms with Crippen LogP contribution in [-0.2, 0) is 4.74 Å². The fourth-order valence-electron chi connectivity index (χ4n) is 3.36. The fraction of sp³-hybridized carbons (Fsp3) is 1.00. The number of hydrogen-bond acceptors (Lipinski definition) is 3. The van der Waals surface area contributed by atoms with Crippen molar-refractivity contribution < 1.29 is 4.74 Å². The average molecular weight is 240 g/mol. The molecule has 1 saturated carbocycles. The van der Waals surface area contributed by atoms with Gasteiger partial charge in [0.1, 0.15) is 0 Å². The Morgan fingerprint density at radius 1 is 1.18 bits per heavy atom. The van der Waals surface area contributed by atoms with Gasteiger partial charge >= 0.3 is 0 Å². The monoisotopic (exact) mass is 240 g/mol. The summed E-state index contributed by atoms with van der Waals surface area (Å²) in [6, 6.07) is 0.576. The van der Waals surface area contributed by atoms with E-state index in [4.69, 9.17) is 10.5 Å². The van der Waals surface area contributed by atoms with Crippen LogP contribution in [0.3, 0.4) is 0 Å². The van der Waals surface area contributed by atoms with Gasteiger partial charge in [0, 0.05) is 19.1 Å². The molecule has 1 saturated heterocycles. The number of ether oxygens (including phenoxy) is 1. The summed E-state index contributed by atoms with van der Waals surface area (Å²) in [5.74, 6) is 1.58. The minimum absolute atomic E-state index is 0.395. The molecule has 17 heavy (non-hydrogen) atoms. The van der Waals surface area contributed by atoms with Crippen LogP contribution in [-0.4, -0.2) is 43.3 Å². The molecule has 2 rings (SSSR count). The summed E-state index contributed by atoms with van der Waals surface area (Å²) in [6.45, 7) is 8.55. The van der Waals surface area contributed by atoms with Crippen LogP contribution in [0.15, 0.2) is 0 Å². The number of rotatable bonds is 3. The van der Waals surface area contributed by atoms with Crippen molar-refractivity contribution in [3.63, 3.8) is 0 Å². The van der Waals surface area contributed by atoms with Crippen molar-refractivity contribution in [2.24, 2.45) is 17.6 Å². The minimum atomic E-state index is 0.395. The SMILES string of the molecule is CC1CN(CC2CCCCC2CN)C(C)CO1. The number of morpholine rings is 1. The predicted octanol–water partition coefficient (Wildman–Crippen LogP) is 1.86. The number of nitrogens with two attached hydrogens (primary N) is 1. The van der Waals surface area contributed by atoms with E-state index in [-0.39, 0.29) is 0 Å². The third-order valence-corrected chi connectivity index (χ3v) is 4.58. The molecule has 2 aliphatic rings. The topological polar surface area (TPSA) is 38.5 Å². The molecule has 2 fully saturated rings. The van der Waals surface area contributed by atoms with Crippen LogP contribution in [0.25, 0.3) is 0 Å². The highest BCUT2D eigenvalue weighted by Crippen LogP contribution is 2.30. The Balaban J connectivity index is 1.89. The van der Waals surface area contributed by atoms with Gasteiger partial charge in [-0.05, 0) is 45.1 Å². The van der Waals surface area contributed by atoms with Crippen molar-refractivity contribution in [3.8, 4) is 0 Å². The molecule has 1 heterocycles. The Hall–Kier alpha value is -0.120. The Morgan fingerprint density at radius 3 is 2.59 bits per heavy atom. The maximum absolute atomic E-state index is 5.92. The molecule has 0 aromatic heterocycles. The van der Waals surface area contributed by atoms with Gasteiger partial charge in [0.15, 0.2) is 0 Å². The zero-order valence-corrected chi connectivity index (χ0v) is 11.4. The largest absolute Gasteiger partial charge is 0.376 e. The van der Waals surface area contributed by atoms with Gasteiger partial charge in [0.25, 0.3) is 0 Å². The van der Waals surface area contributed by atoms with Gasteiger partial charge in [-0.2, -0.15) is 0 Å². The van der Waals surface area contributed by atoms with Gasteiger partial charge in [0.05, 0.1) is 12.7 Å². The Morgan fingerprint density at radius 2 is 1.88 bits per heavy atom. The summed E-state index contributed by atoms with van der Waals surface area (Å²) in [5.41, 5.74) is 5.92. The molecule has 0 bridgehead atoms. The number of nitrogens with zero attached hydrogens (tertiary/aromatic N) is 1. The number of hydrogen-bond donors (Lipinski definition) is 1. The van der Waals surface area contributed by atoms with E-state index >= 15 is 0 Å². The van der Waals surface area contributed by atoms with Gasteiger partial charge in [-0.1, -0.05) is 12.8 Å². The third kappa shape index (κ3) is 3.43. The molecule has 0 aromatic carbocycles. The van der Waals surface area contributed by atoms with E-state index in [9.17, 15) is 0 Å². The molecule has 0 amide bonds. The summed E-state index contributed by atoms with van der Waals surface area (Å²) in [6.07, 6.45) is 5.89. The normalized spacial score (nSPS) is 40.4. The molecule has 1 aliphatic heterocycles. The molecule has 4 unspecified atom stereocenters. The zero-order valence-electron chi connectivity index (χ0n) is 11.4. The third-order valence-electron chi connectivity index (χ3n) is 4.58. The van der Waals surface area contributed by atoms with Crippen molar-refractivity contribution in [2.75, 3.05) is 26.2 Å². The molecule has 1 aliphatic carbocycles. The lowest BCUT2D eigenvalue weighted by molar-refractivity contribution is -0.0585. The molecule has 0 aromatic rings. The van der Waals surface area contributed by atoms with Crippen molar-refractivity contribution in [2.45, 2.75) is 51.7 Å². The average Bonchev–Trinajstić information content (AvgIpc) is 2.34. The second kappa shape index (κ2) is 6.17. The highest BCUT2D eigenvalue weighted by atomic mass is 16.5. The van der Waals surface area contributed by atoms with Crippen molar-refractivity contribution in [3.05, 3.63) is 0 Å². The van der Waals surface area contributed by atoms with E-state index in [1.165, 1.54) is 32.2 Å². The first-order valence-corrected chi connectivity index (χ1v) is 7.26. The van der Waals surface area contributed by atoms with Crippen LogP contribution in [0.2, 0.25) is 0 Å². The lowest BCUT2D eigenvalue weighted by atomic mass is 9.79. The van der Waals surface area contributed by atoms with Gasteiger partial charge in [-0.15, -0.1) is 0 Å². The van der Waals surface area contributed by atoms with Gasteiger partial charge in [-0.3, -0.25) is 4.90 Å². The van der Waals surface area contributed by atoms with E-state index in [0.717, 1.165) is 31.5 Å². The van der Waals surface area contributed by atoms with E-state index in [2.05, 4.69) is 18.7 Å². The van der Waals surface area contributed by atoms with Crippen molar-refractivity contribution >= 4 is 0 Å². The summed E-state index contributed by atoms with van der Waals surface area (Å²) < 4.78 is 5.70. The summed E-state index contributed by atoms with van der Waals surface area (Å²) in [7, 11) is 0. The summed E-state index contributed by atoms with van der Waals surface area (Å²) in [5, 5.41) is 0. The molecular formula is C14H28N2O. The smallest absolute Gasteiger partial charge is 0.0674 e. The maximum Gasteiger partial charge on any atom is 0.0674 e. The standard InChI is InChI=1S/C14H28N2O/c1-11-10-17-12(2)8-16(11)9-14-6-4-3-5-13(14)7-15/h11-14H,3-10,15H2,1-2H3. The zero-order chi connectivity index (χ0) is 12.3. The second-order valence-corrected chi connectivity index (χ2v) is 5.99. The van der Waals surface area contributed by atoms with E-state index in [1.54, 1.807) is 0 Å². The quantitative estimate of drug-likeness (QED) is 0.818. The molecule has 3 nitrogen and oxygen atoms in total. The van der Waals surface area contributed by atoms with E-state index < -0.39 is 0 Å². The molecular weight excluding hydrogens is 212 g/mol. The van der Waals surface area contributed by atoms with Gasteiger partial charge < -0.3 is 10.5 Å². The maximum atomic E-state index is 5.92. The molecule has 0 spiro atoms. The molecule has 100 valence electrons. The van der Waals surface area contributed by atoms with Crippen molar-refractivity contribution in [1.29, 1.82) is 0 Å². The minimum Gasteiger partial charge on any atom is -0.376 e. The van der Waals surface area contributed by atoms with Crippen LogP contribution < -0.4 is 5.73 Å². The molecule has 3 heteroatoms. The first-order chi connectivity index (χ1) is 8.20. The lowest BCUT2D eigenvalue weighted by Crippen LogP contribution is -2.50. The first-order valence-electron chi connectivity index (χ1n) is 7.26. The summed E-state index contributed by atoms with van der Waals surface area (Å²) in [4.78, 5) is 2.62. The van der Waals surface area contributed by atoms with Crippen LogP contribution in [0.4, 0.5) is 0 Å². The van der Waals surface area contributed by atoms with E-state index in [1.807, 2.05) is 0 Å². The van der Waals surface area contributed by atoms with Crippen LogP contribution in [0.1, 0.15) is 39.5 Å². The summed E-state index contributed by atoms with van der Waals surface area (Å²) >= 11 is 0. The van der Waals surface area contributed by atoms with Crippen LogP contribution in [0, 0.1) is 11.8 Å². The Kier molecular flexibility index (Phi) is 4.83. The molecule has 0 radical (unpaired) electrons.